The minimum atomic E-state index is -0.0327. The van der Waals surface area contributed by atoms with Gasteiger partial charge in [-0.25, -0.2) is 0 Å². The van der Waals surface area contributed by atoms with Gasteiger partial charge in [-0.05, 0) is 80.0 Å². The summed E-state index contributed by atoms with van der Waals surface area (Å²) in [6, 6.07) is 0. The van der Waals surface area contributed by atoms with Crippen LogP contribution in [0.5, 0.6) is 0 Å². The van der Waals surface area contributed by atoms with Gasteiger partial charge in [0.2, 0.25) is 0 Å². The van der Waals surface area contributed by atoms with Gasteiger partial charge in [0.15, 0.2) is 0 Å². The van der Waals surface area contributed by atoms with Crippen LogP contribution in [-0.2, 0) is 4.79 Å². The van der Waals surface area contributed by atoms with Crippen molar-refractivity contribution in [1.29, 1.82) is 0 Å². The van der Waals surface area contributed by atoms with E-state index in [0.29, 0.717) is 17.1 Å². The molecule has 0 radical (unpaired) electrons. The highest BCUT2D eigenvalue weighted by molar-refractivity contribution is 5.82. The third kappa shape index (κ3) is 1.90. The zero-order valence-corrected chi connectivity index (χ0v) is 12.7. The van der Waals surface area contributed by atoms with Crippen LogP contribution in [0, 0.1) is 35.0 Å². The molecule has 0 aromatic heterocycles. The van der Waals surface area contributed by atoms with Gasteiger partial charge in [-0.3, -0.25) is 4.79 Å². The molecule has 0 aromatic carbocycles. The van der Waals surface area contributed by atoms with Crippen molar-refractivity contribution in [3.8, 4) is 0 Å². The second kappa shape index (κ2) is 4.56. The molecule has 20 heavy (non-hydrogen) atoms. The topological polar surface area (TPSA) is 37.3 Å². The fraction of sp³-hybridized carbons (Fsp3) is 0.944. The first-order valence-corrected chi connectivity index (χ1v) is 8.76. The number of hydrogen-bond donors (Lipinski definition) is 1. The SMILES string of the molecule is C[C@@]12CC[C@H]3[C@@H]4CC[C@H](O)C[C@H]4CC[C@@H]3[C@H]1CC(=O)C2. The van der Waals surface area contributed by atoms with Crippen molar-refractivity contribution in [2.24, 2.45) is 35.0 Å². The highest BCUT2D eigenvalue weighted by atomic mass is 16.3. The van der Waals surface area contributed by atoms with E-state index in [1.165, 1.54) is 32.1 Å². The lowest BCUT2D eigenvalue weighted by Gasteiger charge is -2.54. The summed E-state index contributed by atoms with van der Waals surface area (Å²) in [6.07, 6.45) is 10.3. The van der Waals surface area contributed by atoms with Crippen LogP contribution in [0.25, 0.3) is 0 Å². The number of carbonyl (C=O) groups excluding carboxylic acids is 1. The van der Waals surface area contributed by atoms with Gasteiger partial charge in [0, 0.05) is 12.8 Å². The number of Topliss-reactive ketones (excluding diaryl/α,β-unsaturated/α-hetero) is 1. The first-order chi connectivity index (χ1) is 9.57. The fourth-order valence-electron chi connectivity index (χ4n) is 6.61. The Labute approximate surface area is 122 Å². The monoisotopic (exact) mass is 276 g/mol. The maximum atomic E-state index is 12.0. The fourth-order valence-corrected chi connectivity index (χ4v) is 6.61. The van der Waals surface area contributed by atoms with E-state index in [1.54, 1.807) is 0 Å². The van der Waals surface area contributed by atoms with Gasteiger partial charge >= 0.3 is 0 Å². The number of hydrogen-bond acceptors (Lipinski definition) is 2. The van der Waals surface area contributed by atoms with Crippen molar-refractivity contribution >= 4 is 5.78 Å². The second-order valence-electron chi connectivity index (χ2n) is 8.51. The highest BCUT2D eigenvalue weighted by Gasteiger charge is 2.55. The van der Waals surface area contributed by atoms with Crippen molar-refractivity contribution in [3.05, 3.63) is 0 Å². The van der Waals surface area contributed by atoms with Gasteiger partial charge in [-0.15, -0.1) is 0 Å². The molecule has 0 bridgehead atoms. The molecule has 0 unspecified atom stereocenters. The minimum Gasteiger partial charge on any atom is -0.393 e. The third-order valence-electron chi connectivity index (χ3n) is 7.49. The van der Waals surface area contributed by atoms with Gasteiger partial charge in [-0.1, -0.05) is 6.92 Å². The van der Waals surface area contributed by atoms with Gasteiger partial charge < -0.3 is 5.11 Å². The Morgan fingerprint density at radius 3 is 2.70 bits per heavy atom. The summed E-state index contributed by atoms with van der Waals surface area (Å²) < 4.78 is 0. The number of carbonyl (C=O) groups is 1. The normalized spacial score (nSPS) is 55.0. The standard InChI is InChI=1S/C18H28O2/c1-18-7-6-15-14-5-3-12(19)8-11(14)2-4-16(15)17(18)9-13(20)10-18/h11-12,14-17,19H,2-10H2,1H3/t11-,12+,14-,15+,16+,17-,18+/m1/s1. The number of rotatable bonds is 0. The average Bonchev–Trinajstić information content (AvgIpc) is 2.72. The molecule has 4 rings (SSSR count). The van der Waals surface area contributed by atoms with Crippen LogP contribution in [0.1, 0.15) is 64.7 Å². The summed E-state index contributed by atoms with van der Waals surface area (Å²) >= 11 is 0. The van der Waals surface area contributed by atoms with E-state index in [2.05, 4.69) is 6.92 Å². The first kappa shape index (κ1) is 13.3. The van der Waals surface area contributed by atoms with Crippen molar-refractivity contribution in [2.45, 2.75) is 70.8 Å². The van der Waals surface area contributed by atoms with Crippen molar-refractivity contribution < 1.29 is 9.90 Å². The Bertz CT molecular complexity index is 418. The van der Waals surface area contributed by atoms with E-state index in [9.17, 15) is 9.90 Å². The van der Waals surface area contributed by atoms with Crippen LogP contribution in [0.4, 0.5) is 0 Å². The smallest absolute Gasteiger partial charge is 0.133 e. The maximum Gasteiger partial charge on any atom is 0.133 e. The molecule has 0 aliphatic heterocycles. The van der Waals surface area contributed by atoms with E-state index in [0.717, 1.165) is 49.4 Å². The third-order valence-corrected chi connectivity index (χ3v) is 7.49. The molecule has 0 saturated heterocycles. The van der Waals surface area contributed by atoms with Crippen molar-refractivity contribution in [1.82, 2.24) is 0 Å². The molecule has 0 amide bonds. The molecule has 2 heteroatoms. The van der Waals surface area contributed by atoms with Crippen LogP contribution in [0.3, 0.4) is 0 Å². The molecule has 0 aromatic rings. The molecule has 4 saturated carbocycles. The molecule has 4 aliphatic rings. The lowest BCUT2D eigenvalue weighted by Crippen LogP contribution is -2.47. The summed E-state index contributed by atoms with van der Waals surface area (Å²) in [7, 11) is 0. The molecule has 2 nitrogen and oxygen atoms in total. The van der Waals surface area contributed by atoms with Gasteiger partial charge in [0.1, 0.15) is 5.78 Å². The number of ketones is 1. The van der Waals surface area contributed by atoms with E-state index >= 15 is 0 Å². The number of fused-ring (bicyclic) bond motifs is 5. The van der Waals surface area contributed by atoms with E-state index < -0.39 is 0 Å². The molecule has 0 heterocycles. The average molecular weight is 276 g/mol. The molecule has 112 valence electrons. The lowest BCUT2D eigenvalue weighted by molar-refractivity contribution is -0.118. The van der Waals surface area contributed by atoms with E-state index in [-0.39, 0.29) is 6.10 Å². The predicted molar refractivity (Wildman–Crippen MR) is 78.1 cm³/mol. The molecular weight excluding hydrogens is 248 g/mol. The lowest BCUT2D eigenvalue weighted by atomic mass is 9.50. The minimum absolute atomic E-state index is 0.0327. The largest absolute Gasteiger partial charge is 0.393 e. The van der Waals surface area contributed by atoms with Crippen LogP contribution < -0.4 is 0 Å². The van der Waals surface area contributed by atoms with E-state index in [4.69, 9.17) is 0 Å². The first-order valence-electron chi connectivity index (χ1n) is 8.76. The Hall–Kier alpha value is -0.370. The zero-order valence-electron chi connectivity index (χ0n) is 12.7. The molecule has 1 N–H and O–H groups in total. The number of aliphatic hydroxyl groups is 1. The van der Waals surface area contributed by atoms with Crippen LogP contribution in [0.15, 0.2) is 0 Å². The number of aliphatic hydroxyl groups excluding tert-OH is 1. The zero-order chi connectivity index (χ0) is 13.9. The summed E-state index contributed by atoms with van der Waals surface area (Å²) in [6.45, 7) is 2.38. The molecular formula is C18H28O2. The van der Waals surface area contributed by atoms with Gasteiger partial charge in [0.05, 0.1) is 6.10 Å². The Balaban J connectivity index is 1.57. The van der Waals surface area contributed by atoms with Gasteiger partial charge in [0.25, 0.3) is 0 Å². The van der Waals surface area contributed by atoms with Crippen LogP contribution in [-0.4, -0.2) is 17.0 Å². The Kier molecular flexibility index (Phi) is 3.03. The van der Waals surface area contributed by atoms with Crippen molar-refractivity contribution in [3.63, 3.8) is 0 Å². The summed E-state index contributed by atoms with van der Waals surface area (Å²) in [5.74, 6) is 4.53. The highest BCUT2D eigenvalue weighted by Crippen LogP contribution is 2.61. The quantitative estimate of drug-likeness (QED) is 0.734. The van der Waals surface area contributed by atoms with Gasteiger partial charge in [-0.2, -0.15) is 0 Å². The van der Waals surface area contributed by atoms with Crippen LogP contribution in [0.2, 0.25) is 0 Å². The second-order valence-corrected chi connectivity index (χ2v) is 8.51. The summed E-state index contributed by atoms with van der Waals surface area (Å²) in [4.78, 5) is 12.0. The molecule has 7 atom stereocenters. The predicted octanol–water partition coefficient (Wildman–Crippen LogP) is 3.57. The maximum absolute atomic E-state index is 12.0. The van der Waals surface area contributed by atoms with Crippen LogP contribution >= 0.6 is 0 Å². The van der Waals surface area contributed by atoms with E-state index in [1.807, 2.05) is 0 Å². The molecule has 4 fully saturated rings. The Morgan fingerprint density at radius 1 is 1.05 bits per heavy atom. The van der Waals surface area contributed by atoms with Crippen molar-refractivity contribution in [2.75, 3.05) is 0 Å². The Morgan fingerprint density at radius 2 is 1.85 bits per heavy atom. The summed E-state index contributed by atoms with van der Waals surface area (Å²) in [5.41, 5.74) is 0.333. The summed E-state index contributed by atoms with van der Waals surface area (Å²) in [5, 5.41) is 9.93. The molecule has 0 spiro atoms. The molecule has 4 aliphatic carbocycles.